The average molecular weight is 501 g/mol. The Morgan fingerprint density at radius 1 is 0.816 bits per heavy atom. The Morgan fingerprint density at radius 3 is 2.37 bits per heavy atom. The van der Waals surface area contributed by atoms with Gasteiger partial charge in [0, 0.05) is 0 Å². The maximum atomic E-state index is 4.61. The summed E-state index contributed by atoms with van der Waals surface area (Å²) < 4.78 is 0. The smallest absolute Gasteiger partial charge is 0.00670 e. The minimum Gasteiger partial charge on any atom is -0.0992 e. The van der Waals surface area contributed by atoms with Gasteiger partial charge in [-0.2, -0.15) is 0 Å². The molecule has 2 saturated carbocycles. The molecule has 196 valence electrons. The van der Waals surface area contributed by atoms with Crippen molar-refractivity contribution in [1.29, 1.82) is 0 Å². The molecule has 0 aromatic heterocycles. The fraction of sp³-hybridized carbons (Fsp3) is 0.421. The minimum atomic E-state index is 0.640. The Hall–Kier alpha value is -2.86. The second kappa shape index (κ2) is 11.5. The van der Waals surface area contributed by atoms with E-state index in [4.69, 9.17) is 0 Å². The van der Waals surface area contributed by atoms with Crippen LogP contribution < -0.4 is 0 Å². The Morgan fingerprint density at radius 2 is 1.58 bits per heavy atom. The summed E-state index contributed by atoms with van der Waals surface area (Å²) in [6.07, 6.45) is 19.9. The number of hydrogen-bond acceptors (Lipinski definition) is 0. The van der Waals surface area contributed by atoms with Crippen molar-refractivity contribution < 1.29 is 0 Å². The quantitative estimate of drug-likeness (QED) is 0.270. The van der Waals surface area contributed by atoms with E-state index in [-0.39, 0.29) is 0 Å². The van der Waals surface area contributed by atoms with Crippen LogP contribution in [-0.4, -0.2) is 0 Å². The summed E-state index contributed by atoms with van der Waals surface area (Å²) in [5, 5.41) is 0. The molecule has 0 heteroatoms. The molecular weight excluding hydrogens is 456 g/mol. The fourth-order valence-corrected chi connectivity index (χ4v) is 7.46. The van der Waals surface area contributed by atoms with Crippen LogP contribution >= 0.6 is 0 Å². The molecule has 3 aromatic carbocycles. The normalized spacial score (nSPS) is 21.1. The largest absolute Gasteiger partial charge is 0.0992 e. The first-order valence-electron chi connectivity index (χ1n) is 15.4. The number of allylic oxidation sites excluding steroid dienone is 2. The van der Waals surface area contributed by atoms with Gasteiger partial charge in [0.15, 0.2) is 0 Å². The monoisotopic (exact) mass is 500 g/mol. The topological polar surface area (TPSA) is 0 Å². The molecule has 0 bridgehead atoms. The van der Waals surface area contributed by atoms with E-state index < -0.39 is 0 Å². The molecule has 0 spiro atoms. The van der Waals surface area contributed by atoms with Gasteiger partial charge in [-0.15, -0.1) is 0 Å². The summed E-state index contributed by atoms with van der Waals surface area (Å²) in [4.78, 5) is 0. The molecule has 3 aliphatic carbocycles. The number of aryl methyl sites for hydroxylation is 1. The highest BCUT2D eigenvalue weighted by molar-refractivity contribution is 5.80. The zero-order chi connectivity index (χ0) is 25.9. The standard InChI is InChI=1S/C38H44/c1-3-9-28-16-18-29(19-17-28)22-27(2)32-20-21-33(23-32)35-24-34(30-10-5-4-6-11-30)25-36(26-35)38-15-8-13-31-12-7-14-37(31)38/h7-8,13-19,24-26,30,32-33H,2-6,9-12,20-23H2,1H3. The molecule has 0 heterocycles. The second-order valence-corrected chi connectivity index (χ2v) is 12.3. The number of fused-ring (bicyclic) bond motifs is 1. The van der Waals surface area contributed by atoms with Crippen molar-refractivity contribution in [1.82, 2.24) is 0 Å². The van der Waals surface area contributed by atoms with Crippen molar-refractivity contribution in [2.75, 3.05) is 0 Å². The Balaban J connectivity index is 1.24. The summed E-state index contributed by atoms with van der Waals surface area (Å²) in [6, 6.07) is 23.9. The van der Waals surface area contributed by atoms with Crippen molar-refractivity contribution in [3.8, 4) is 11.1 Å². The summed E-state index contributed by atoms with van der Waals surface area (Å²) in [7, 11) is 0. The van der Waals surface area contributed by atoms with Gasteiger partial charge in [0.2, 0.25) is 0 Å². The lowest BCUT2D eigenvalue weighted by atomic mass is 9.80. The number of rotatable bonds is 8. The van der Waals surface area contributed by atoms with Crippen LogP contribution in [0.25, 0.3) is 17.2 Å². The first-order valence-corrected chi connectivity index (χ1v) is 15.4. The van der Waals surface area contributed by atoms with Gasteiger partial charge in [-0.25, -0.2) is 0 Å². The fourth-order valence-electron chi connectivity index (χ4n) is 7.46. The molecule has 0 amide bonds. The third-order valence-corrected chi connectivity index (χ3v) is 9.66. The third-order valence-electron chi connectivity index (χ3n) is 9.66. The van der Waals surface area contributed by atoms with Crippen molar-refractivity contribution in [3.05, 3.63) is 112 Å². The van der Waals surface area contributed by atoms with Gasteiger partial charge in [-0.1, -0.05) is 118 Å². The molecule has 0 saturated heterocycles. The first-order chi connectivity index (χ1) is 18.7. The molecule has 2 atom stereocenters. The molecule has 0 aliphatic heterocycles. The lowest BCUT2D eigenvalue weighted by Gasteiger charge is -2.25. The number of hydrogen-bond donors (Lipinski definition) is 0. The van der Waals surface area contributed by atoms with Crippen LogP contribution in [0.15, 0.2) is 78.9 Å². The maximum Gasteiger partial charge on any atom is -0.00670 e. The minimum absolute atomic E-state index is 0.640. The SMILES string of the molecule is C=C(Cc1ccc(CCC)cc1)C1CCC(c2cc(-c3cccc4c3C=CC4)cc(C3CCCCC3)c2)C1. The van der Waals surface area contributed by atoms with Crippen LogP contribution in [0.5, 0.6) is 0 Å². The third kappa shape index (κ3) is 5.47. The highest BCUT2D eigenvalue weighted by Crippen LogP contribution is 2.45. The number of benzene rings is 3. The first kappa shape index (κ1) is 25.4. The van der Waals surface area contributed by atoms with Gasteiger partial charge in [-0.05, 0) is 114 Å². The molecule has 3 aromatic rings. The van der Waals surface area contributed by atoms with E-state index in [9.17, 15) is 0 Å². The zero-order valence-electron chi connectivity index (χ0n) is 23.4. The van der Waals surface area contributed by atoms with Gasteiger partial charge in [0.25, 0.3) is 0 Å². The van der Waals surface area contributed by atoms with Crippen LogP contribution in [0, 0.1) is 5.92 Å². The molecule has 2 unspecified atom stereocenters. The highest BCUT2D eigenvalue weighted by atomic mass is 14.3. The summed E-state index contributed by atoms with van der Waals surface area (Å²) in [5.41, 5.74) is 13.3. The van der Waals surface area contributed by atoms with E-state index in [0.717, 1.165) is 18.8 Å². The second-order valence-electron chi connectivity index (χ2n) is 12.3. The predicted molar refractivity (Wildman–Crippen MR) is 164 cm³/mol. The van der Waals surface area contributed by atoms with E-state index >= 15 is 0 Å². The van der Waals surface area contributed by atoms with Crippen molar-refractivity contribution in [2.45, 2.75) is 95.8 Å². The van der Waals surface area contributed by atoms with Gasteiger partial charge in [0.1, 0.15) is 0 Å². The average Bonchev–Trinajstić information content (AvgIpc) is 3.65. The lowest BCUT2D eigenvalue weighted by Crippen LogP contribution is -2.07. The Labute approximate surface area is 230 Å². The lowest BCUT2D eigenvalue weighted by molar-refractivity contribution is 0.443. The van der Waals surface area contributed by atoms with Gasteiger partial charge >= 0.3 is 0 Å². The molecular formula is C38H44. The molecule has 6 rings (SSSR count). The molecule has 2 fully saturated rings. The summed E-state index contributed by atoms with van der Waals surface area (Å²) in [6.45, 7) is 6.86. The van der Waals surface area contributed by atoms with Crippen molar-refractivity contribution in [3.63, 3.8) is 0 Å². The van der Waals surface area contributed by atoms with E-state index in [1.54, 1.807) is 11.1 Å². The maximum absolute atomic E-state index is 4.61. The van der Waals surface area contributed by atoms with Gasteiger partial charge < -0.3 is 0 Å². The van der Waals surface area contributed by atoms with Crippen molar-refractivity contribution >= 4 is 6.08 Å². The Kier molecular flexibility index (Phi) is 7.68. The van der Waals surface area contributed by atoms with Crippen molar-refractivity contribution in [2.24, 2.45) is 5.92 Å². The van der Waals surface area contributed by atoms with Crippen LogP contribution in [0.1, 0.15) is 110 Å². The van der Waals surface area contributed by atoms with E-state index in [0.29, 0.717) is 11.8 Å². The molecule has 0 nitrogen and oxygen atoms in total. The van der Waals surface area contributed by atoms with Gasteiger partial charge in [-0.3, -0.25) is 0 Å². The molecule has 0 radical (unpaired) electrons. The summed E-state index contributed by atoms with van der Waals surface area (Å²) >= 11 is 0. The van der Waals surface area contributed by atoms with E-state index in [2.05, 4.69) is 86.3 Å². The van der Waals surface area contributed by atoms with Crippen LogP contribution in [0.2, 0.25) is 0 Å². The van der Waals surface area contributed by atoms with Crippen LogP contribution in [0.3, 0.4) is 0 Å². The Bertz CT molecular complexity index is 1300. The predicted octanol–water partition coefficient (Wildman–Crippen LogP) is 10.6. The van der Waals surface area contributed by atoms with E-state index in [1.165, 1.54) is 103 Å². The van der Waals surface area contributed by atoms with Crippen LogP contribution in [0.4, 0.5) is 0 Å². The summed E-state index contributed by atoms with van der Waals surface area (Å²) in [5.74, 6) is 2.02. The van der Waals surface area contributed by atoms with Crippen LogP contribution in [-0.2, 0) is 19.3 Å². The molecule has 3 aliphatic rings. The molecule has 0 N–H and O–H groups in total. The van der Waals surface area contributed by atoms with E-state index in [1.807, 2.05) is 0 Å². The zero-order valence-corrected chi connectivity index (χ0v) is 23.4. The van der Waals surface area contributed by atoms with Gasteiger partial charge in [0.05, 0.1) is 0 Å². The molecule has 38 heavy (non-hydrogen) atoms. The highest BCUT2D eigenvalue weighted by Gasteiger charge is 2.29.